The van der Waals surface area contributed by atoms with Crippen molar-refractivity contribution in [2.75, 3.05) is 12.0 Å². The van der Waals surface area contributed by atoms with Gasteiger partial charge in [0.2, 0.25) is 0 Å². The van der Waals surface area contributed by atoms with Crippen LogP contribution in [0.5, 0.6) is 11.5 Å². The summed E-state index contributed by atoms with van der Waals surface area (Å²) in [5.74, 6) is -0.387. The molecule has 1 aliphatic rings. The van der Waals surface area contributed by atoms with Crippen LogP contribution in [0.25, 0.3) is 6.08 Å². The number of benzene rings is 2. The molecule has 31 heavy (non-hydrogen) atoms. The molecule has 1 saturated heterocycles. The van der Waals surface area contributed by atoms with Crippen molar-refractivity contribution in [3.63, 3.8) is 0 Å². The van der Waals surface area contributed by atoms with Crippen molar-refractivity contribution in [1.82, 2.24) is 5.32 Å². The molecule has 2 aromatic rings. The van der Waals surface area contributed by atoms with Crippen LogP contribution in [-0.2, 0) is 9.59 Å². The number of carbonyl (C=O) groups is 2. The van der Waals surface area contributed by atoms with Crippen LogP contribution in [0.3, 0.4) is 0 Å². The van der Waals surface area contributed by atoms with E-state index in [1.165, 1.54) is 18.1 Å². The lowest BCUT2D eigenvalue weighted by atomic mass is 10.1. The van der Waals surface area contributed by atoms with Crippen molar-refractivity contribution < 1.29 is 19.1 Å². The predicted octanol–water partition coefficient (Wildman–Crippen LogP) is 5.01. The van der Waals surface area contributed by atoms with Gasteiger partial charge in [-0.3, -0.25) is 19.8 Å². The Balaban J connectivity index is 2.01. The summed E-state index contributed by atoms with van der Waals surface area (Å²) in [5, 5.41) is 3.25. The van der Waals surface area contributed by atoms with Crippen LogP contribution in [0.15, 0.2) is 42.0 Å². The first-order valence-corrected chi connectivity index (χ1v) is 10.6. The average Bonchev–Trinajstić information content (AvgIpc) is 2.72. The highest BCUT2D eigenvalue weighted by molar-refractivity contribution is 7.80. The number of carbonyl (C=O) groups excluding carboxylic acids is 2. The molecule has 1 fully saturated rings. The fourth-order valence-electron chi connectivity index (χ4n) is 2.90. The lowest BCUT2D eigenvalue weighted by Gasteiger charge is -2.29. The van der Waals surface area contributed by atoms with Crippen LogP contribution in [-0.4, -0.2) is 30.1 Å². The third kappa shape index (κ3) is 5.01. The molecule has 1 heterocycles. The maximum absolute atomic E-state index is 13.1. The number of nitrogens with one attached hydrogen (secondary N) is 1. The van der Waals surface area contributed by atoms with E-state index in [2.05, 4.69) is 5.32 Å². The monoisotopic (exact) mass is 478 g/mol. The quantitative estimate of drug-likeness (QED) is 0.359. The van der Waals surface area contributed by atoms with Crippen LogP contribution in [0, 0.1) is 0 Å². The number of rotatable bonds is 6. The molecule has 0 spiro atoms. The summed E-state index contributed by atoms with van der Waals surface area (Å²) in [6, 6.07) is 9.87. The first-order chi connectivity index (χ1) is 14.7. The molecule has 0 bridgehead atoms. The van der Waals surface area contributed by atoms with Crippen molar-refractivity contribution in [2.45, 2.75) is 26.4 Å². The van der Waals surface area contributed by atoms with Gasteiger partial charge in [-0.2, -0.15) is 0 Å². The molecule has 0 aliphatic carbocycles. The van der Waals surface area contributed by atoms with Gasteiger partial charge < -0.3 is 9.47 Å². The van der Waals surface area contributed by atoms with Crippen LogP contribution in [0.1, 0.15) is 25.8 Å². The normalized spacial score (nSPS) is 16.4. The van der Waals surface area contributed by atoms with Crippen molar-refractivity contribution >= 4 is 64.1 Å². The Morgan fingerprint density at radius 3 is 2.61 bits per heavy atom. The molecular weight excluding hydrogens is 459 g/mol. The van der Waals surface area contributed by atoms with Gasteiger partial charge in [0.25, 0.3) is 11.8 Å². The minimum absolute atomic E-state index is 0.0256. The van der Waals surface area contributed by atoms with E-state index >= 15 is 0 Å². The fraction of sp³-hybridized carbons (Fsp3) is 0.227. The molecule has 162 valence electrons. The van der Waals surface area contributed by atoms with E-state index in [9.17, 15) is 9.59 Å². The van der Waals surface area contributed by atoms with E-state index in [4.69, 9.17) is 44.9 Å². The molecule has 2 aromatic carbocycles. The lowest BCUT2D eigenvalue weighted by Crippen LogP contribution is -2.54. The molecule has 2 amide bonds. The minimum Gasteiger partial charge on any atom is -0.493 e. The number of hydrogen-bond donors (Lipinski definition) is 1. The Kier molecular flexibility index (Phi) is 7.20. The summed E-state index contributed by atoms with van der Waals surface area (Å²) in [6.07, 6.45) is 2.16. The van der Waals surface area contributed by atoms with Gasteiger partial charge in [-0.15, -0.1) is 0 Å². The van der Waals surface area contributed by atoms with Gasteiger partial charge >= 0.3 is 0 Å². The molecular formula is C22H20Cl2N2O4S. The zero-order valence-electron chi connectivity index (χ0n) is 17.1. The second-order valence-corrected chi connectivity index (χ2v) is 8.04. The van der Waals surface area contributed by atoms with Gasteiger partial charge in [-0.05, 0) is 67.5 Å². The summed E-state index contributed by atoms with van der Waals surface area (Å²) in [7, 11) is 1.49. The Morgan fingerprint density at radius 1 is 1.23 bits per heavy atom. The second-order valence-electron chi connectivity index (χ2n) is 6.81. The molecule has 1 unspecified atom stereocenters. The Morgan fingerprint density at radius 2 is 1.97 bits per heavy atom. The molecule has 3 rings (SSSR count). The van der Waals surface area contributed by atoms with Gasteiger partial charge in [-0.1, -0.05) is 36.2 Å². The van der Waals surface area contributed by atoms with Crippen molar-refractivity contribution in [3.05, 3.63) is 57.6 Å². The van der Waals surface area contributed by atoms with Crippen LogP contribution in [0.4, 0.5) is 5.69 Å². The zero-order chi connectivity index (χ0) is 22.7. The lowest BCUT2D eigenvalue weighted by molar-refractivity contribution is -0.122. The average molecular weight is 479 g/mol. The van der Waals surface area contributed by atoms with Crippen molar-refractivity contribution in [1.29, 1.82) is 0 Å². The SMILES string of the molecule is CCC(C)Oc1c(Cl)cc(C=C2C(=O)NC(=S)N(c3cccc(Cl)c3)C2=O)cc1OC. The largest absolute Gasteiger partial charge is 0.493 e. The Hall–Kier alpha value is -2.61. The van der Waals surface area contributed by atoms with E-state index in [-0.39, 0.29) is 16.8 Å². The first-order valence-electron chi connectivity index (χ1n) is 9.46. The number of nitrogens with zero attached hydrogens (tertiary/aromatic N) is 1. The number of methoxy groups -OCH3 is 1. The Bertz CT molecular complexity index is 1090. The third-order valence-electron chi connectivity index (χ3n) is 4.62. The number of ether oxygens (including phenoxy) is 2. The molecule has 9 heteroatoms. The molecule has 0 aromatic heterocycles. The number of amides is 2. The van der Waals surface area contributed by atoms with E-state index in [1.54, 1.807) is 36.4 Å². The molecule has 0 saturated carbocycles. The minimum atomic E-state index is -0.608. The van der Waals surface area contributed by atoms with Crippen molar-refractivity contribution in [3.8, 4) is 11.5 Å². The smallest absolute Gasteiger partial charge is 0.270 e. The van der Waals surface area contributed by atoms with E-state index in [1.807, 2.05) is 13.8 Å². The summed E-state index contributed by atoms with van der Waals surface area (Å²) in [4.78, 5) is 26.9. The molecule has 1 N–H and O–H groups in total. The number of hydrogen-bond acceptors (Lipinski definition) is 5. The number of anilines is 1. The van der Waals surface area contributed by atoms with Crippen molar-refractivity contribution in [2.24, 2.45) is 0 Å². The van der Waals surface area contributed by atoms with E-state index in [0.717, 1.165) is 6.42 Å². The summed E-state index contributed by atoms with van der Waals surface area (Å²) >= 11 is 17.6. The van der Waals surface area contributed by atoms with Gasteiger partial charge in [0, 0.05) is 5.02 Å². The van der Waals surface area contributed by atoms with Gasteiger partial charge in [-0.25, -0.2) is 0 Å². The number of halogens is 2. The highest BCUT2D eigenvalue weighted by Gasteiger charge is 2.34. The maximum atomic E-state index is 13.1. The summed E-state index contributed by atoms with van der Waals surface area (Å²) in [5.41, 5.74) is 0.833. The highest BCUT2D eigenvalue weighted by atomic mass is 35.5. The van der Waals surface area contributed by atoms with E-state index in [0.29, 0.717) is 32.8 Å². The fourth-order valence-corrected chi connectivity index (χ4v) is 3.63. The molecule has 1 aliphatic heterocycles. The molecule has 6 nitrogen and oxygen atoms in total. The summed E-state index contributed by atoms with van der Waals surface area (Å²) in [6.45, 7) is 3.91. The molecule has 1 atom stereocenters. The second kappa shape index (κ2) is 9.68. The third-order valence-corrected chi connectivity index (χ3v) is 5.43. The van der Waals surface area contributed by atoms with Crippen LogP contribution >= 0.6 is 35.4 Å². The van der Waals surface area contributed by atoms with Gasteiger partial charge in [0.1, 0.15) is 5.57 Å². The molecule has 0 radical (unpaired) electrons. The topological polar surface area (TPSA) is 67.9 Å². The van der Waals surface area contributed by atoms with Gasteiger partial charge in [0.05, 0.1) is 23.9 Å². The Labute approximate surface area is 195 Å². The van der Waals surface area contributed by atoms with Crippen LogP contribution < -0.4 is 19.7 Å². The standard InChI is InChI=1S/C22H20Cl2N2O4S/c1-4-12(2)30-19-17(24)9-13(10-18(19)29-3)8-16-20(27)25-22(31)26(21(16)28)15-7-5-6-14(23)11-15/h5-12H,4H2,1-3H3,(H,25,27,31). The van der Waals surface area contributed by atoms with E-state index < -0.39 is 11.8 Å². The van der Waals surface area contributed by atoms with Crippen LogP contribution in [0.2, 0.25) is 10.0 Å². The van der Waals surface area contributed by atoms with Gasteiger partial charge in [0.15, 0.2) is 16.6 Å². The first kappa shape index (κ1) is 23.1. The maximum Gasteiger partial charge on any atom is 0.270 e. The summed E-state index contributed by atoms with van der Waals surface area (Å²) < 4.78 is 11.2. The zero-order valence-corrected chi connectivity index (χ0v) is 19.4. The number of thiocarbonyl (C=S) groups is 1. The highest BCUT2D eigenvalue weighted by Crippen LogP contribution is 2.38. The predicted molar refractivity (Wildman–Crippen MR) is 126 cm³/mol.